The van der Waals surface area contributed by atoms with Crippen molar-refractivity contribution >= 4 is 0 Å². The first-order valence-corrected chi connectivity index (χ1v) is 11.5. The molecule has 170 valence electrons. The molecule has 1 aliphatic rings. The van der Waals surface area contributed by atoms with Gasteiger partial charge in [0.1, 0.15) is 0 Å². The minimum atomic E-state index is -0.315. The van der Waals surface area contributed by atoms with Gasteiger partial charge in [-0.15, -0.1) is 0 Å². The molecule has 0 aliphatic heterocycles. The maximum atomic E-state index is 2.50. The molecule has 0 aromatic heterocycles. The molecule has 0 fully saturated rings. The Bertz CT molecular complexity index is 1040. The Morgan fingerprint density at radius 3 is 1.39 bits per heavy atom. The summed E-state index contributed by atoms with van der Waals surface area (Å²) in [7, 11) is 0. The van der Waals surface area contributed by atoms with Gasteiger partial charge in [-0.2, -0.15) is 0 Å². The van der Waals surface area contributed by atoms with Gasteiger partial charge < -0.3 is 37.2 Å². The maximum absolute atomic E-state index is 2.50. The molecule has 3 aromatic rings. The average molecular weight is 532 g/mol. The van der Waals surface area contributed by atoms with E-state index < -0.39 is 0 Å². The third-order valence-electron chi connectivity index (χ3n) is 6.36. The van der Waals surface area contributed by atoms with Crippen molar-refractivity contribution in [2.75, 3.05) is 0 Å². The van der Waals surface area contributed by atoms with Crippen LogP contribution in [0.3, 0.4) is 0 Å². The van der Waals surface area contributed by atoms with Crippen LogP contribution < -0.4 is 37.2 Å². The van der Waals surface area contributed by atoms with Crippen LogP contribution in [-0.2, 0) is 25.9 Å². The molecule has 0 nitrogen and oxygen atoms in total. The third kappa shape index (κ3) is 5.37. The molecule has 0 saturated carbocycles. The summed E-state index contributed by atoms with van der Waals surface area (Å²) in [6.07, 6.45) is 8.31. The molecule has 33 heavy (non-hydrogen) atoms. The number of allylic oxidation sites excluding steroid dienone is 4. The second-order valence-corrected chi connectivity index (χ2v) is 9.93. The summed E-state index contributed by atoms with van der Waals surface area (Å²) >= 11 is 2.40. The smallest absolute Gasteiger partial charge is 1.00 e. The van der Waals surface area contributed by atoms with Crippen LogP contribution in [0.5, 0.6) is 0 Å². The largest absolute Gasteiger partial charge is 1.00 e. The molecule has 4 rings (SSSR count). The van der Waals surface area contributed by atoms with E-state index >= 15 is 0 Å². The Hall–Kier alpha value is -1.28. The Balaban J connectivity index is 0.00000181. The van der Waals surface area contributed by atoms with E-state index in [1.54, 1.807) is 0 Å². The van der Waals surface area contributed by atoms with E-state index in [-0.39, 0.29) is 46.4 Å². The van der Waals surface area contributed by atoms with Gasteiger partial charge in [-0.1, -0.05) is 0 Å². The van der Waals surface area contributed by atoms with Crippen molar-refractivity contribution in [2.45, 2.75) is 43.3 Å². The molecule has 1 atom stereocenters. The second kappa shape index (κ2) is 11.9. The summed E-state index contributed by atoms with van der Waals surface area (Å²) in [6.45, 7) is 8.83. The van der Waals surface area contributed by atoms with Crippen LogP contribution in [0.4, 0.5) is 0 Å². The summed E-state index contributed by atoms with van der Waals surface area (Å²) in [5, 5.41) is 0. The van der Waals surface area contributed by atoms with E-state index in [1.165, 1.54) is 39.0 Å². The fourth-order valence-corrected chi connectivity index (χ4v) is 6.03. The van der Waals surface area contributed by atoms with Crippen LogP contribution in [0.1, 0.15) is 46.7 Å². The molecule has 0 spiro atoms. The predicted molar refractivity (Wildman–Crippen MR) is 124 cm³/mol. The van der Waals surface area contributed by atoms with E-state index in [4.69, 9.17) is 0 Å². The standard InChI is InChI=1S/C29H29.3ClH.Ti/c1-5-24-15-16-28(20-24)29(25-12-6-9-21(2)17-25,26-13-7-10-22(3)18-26)27-14-8-11-23(4)19-27;;;;/h6-20H,5H2,1-4H3;3*1H;/q;;;;+3/p-3. The van der Waals surface area contributed by atoms with Gasteiger partial charge in [0.15, 0.2) is 0 Å². The molecule has 1 unspecified atom stereocenters. The fraction of sp³-hybridized carbons (Fsp3) is 0.241. The minimum absolute atomic E-state index is 0. The van der Waals surface area contributed by atoms with Gasteiger partial charge in [0.05, 0.1) is 0 Å². The summed E-state index contributed by atoms with van der Waals surface area (Å²) in [5.41, 5.74) is 9.02. The normalized spacial score (nSPS) is 16.8. The molecule has 1 aliphatic carbocycles. The number of hydrogen-bond acceptors (Lipinski definition) is 0. The van der Waals surface area contributed by atoms with E-state index in [0.717, 1.165) is 6.42 Å². The molecule has 4 heteroatoms. The molecule has 0 N–H and O–H groups in total. The first-order chi connectivity index (χ1) is 14.4. The Labute approximate surface area is 229 Å². The van der Waals surface area contributed by atoms with Crippen molar-refractivity contribution in [3.05, 3.63) is 130 Å². The molecule has 0 saturated heterocycles. The average Bonchev–Trinajstić information content (AvgIpc) is 3.11. The predicted octanol–water partition coefficient (Wildman–Crippen LogP) is -1.43. The van der Waals surface area contributed by atoms with Crippen LogP contribution >= 0.6 is 0 Å². The van der Waals surface area contributed by atoms with Crippen molar-refractivity contribution in [2.24, 2.45) is 0 Å². The zero-order chi connectivity index (χ0) is 21.4. The minimum Gasteiger partial charge on any atom is -1.00 e. The summed E-state index contributed by atoms with van der Waals surface area (Å²) in [4.78, 5) is 0. The van der Waals surface area contributed by atoms with Gasteiger partial charge >= 0.3 is 194 Å². The van der Waals surface area contributed by atoms with E-state index in [9.17, 15) is 0 Å². The van der Waals surface area contributed by atoms with Crippen LogP contribution in [0.15, 0.2) is 96.6 Å². The van der Waals surface area contributed by atoms with Crippen LogP contribution in [-0.4, -0.2) is 0 Å². The van der Waals surface area contributed by atoms with E-state index in [2.05, 4.69) is 139 Å². The number of benzene rings is 3. The van der Waals surface area contributed by atoms with Gasteiger partial charge in [0, 0.05) is 0 Å². The van der Waals surface area contributed by atoms with Crippen molar-refractivity contribution in [3.63, 3.8) is 0 Å². The number of rotatable bonds is 5. The van der Waals surface area contributed by atoms with Crippen LogP contribution in [0.2, 0.25) is 3.72 Å². The summed E-state index contributed by atoms with van der Waals surface area (Å²) in [5.74, 6) is 0. The van der Waals surface area contributed by atoms with Crippen molar-refractivity contribution in [1.29, 1.82) is 0 Å². The molecular weight excluding hydrogens is 503 g/mol. The molecule has 0 heterocycles. The number of halogens is 3. The third-order valence-corrected chi connectivity index (χ3v) is 7.43. The fourth-order valence-electron chi connectivity index (χ4n) is 4.93. The van der Waals surface area contributed by atoms with Crippen molar-refractivity contribution in [1.82, 2.24) is 0 Å². The Kier molecular flexibility index (Phi) is 10.7. The molecular formula is C29H29Cl3Ti. The summed E-state index contributed by atoms with van der Waals surface area (Å²) in [6, 6.07) is 27.3. The monoisotopic (exact) mass is 530 g/mol. The Morgan fingerprint density at radius 2 is 1.09 bits per heavy atom. The number of aryl methyl sites for hydroxylation is 3. The Morgan fingerprint density at radius 1 is 0.697 bits per heavy atom. The van der Waals surface area contributed by atoms with E-state index in [1.807, 2.05) is 0 Å². The molecule has 0 amide bonds. The van der Waals surface area contributed by atoms with Crippen molar-refractivity contribution < 1.29 is 57.7 Å². The van der Waals surface area contributed by atoms with Gasteiger partial charge in [0.2, 0.25) is 0 Å². The zero-order valence-corrected chi connectivity index (χ0v) is 23.3. The first-order valence-electron chi connectivity index (χ1n) is 10.8. The van der Waals surface area contributed by atoms with E-state index in [0.29, 0.717) is 0 Å². The van der Waals surface area contributed by atoms with Crippen LogP contribution in [0.25, 0.3) is 0 Å². The van der Waals surface area contributed by atoms with Gasteiger partial charge in [-0.3, -0.25) is 0 Å². The number of hydrogen-bond donors (Lipinski definition) is 0. The summed E-state index contributed by atoms with van der Waals surface area (Å²) < 4.78 is -0.173. The molecule has 0 radical (unpaired) electrons. The zero-order valence-electron chi connectivity index (χ0n) is 19.5. The SMILES string of the molecule is CCC1=C[C]([Ti+3])(C(c2cccc(C)c2)(c2cccc(C)c2)c2cccc(C)c2)C=C1.[Cl-].[Cl-].[Cl-]. The first kappa shape index (κ1) is 29.8. The molecule has 3 aromatic carbocycles. The van der Waals surface area contributed by atoms with Crippen LogP contribution in [0, 0.1) is 20.8 Å². The van der Waals surface area contributed by atoms with Gasteiger partial charge in [-0.25, -0.2) is 0 Å². The van der Waals surface area contributed by atoms with Gasteiger partial charge in [-0.05, 0) is 0 Å². The molecule has 0 bridgehead atoms. The van der Waals surface area contributed by atoms with Crippen molar-refractivity contribution in [3.8, 4) is 0 Å². The quantitative estimate of drug-likeness (QED) is 0.280. The van der Waals surface area contributed by atoms with Gasteiger partial charge in [0.25, 0.3) is 0 Å². The topological polar surface area (TPSA) is 0 Å². The maximum Gasteiger partial charge on any atom is -1.00 e. The second-order valence-electron chi connectivity index (χ2n) is 8.63.